The van der Waals surface area contributed by atoms with Gasteiger partial charge in [0.15, 0.2) is 0 Å². The number of aliphatic hydroxyl groups is 2. The fourth-order valence-electron chi connectivity index (χ4n) is 1.31. The monoisotopic (exact) mass is 162 g/mol. The van der Waals surface area contributed by atoms with Crippen molar-refractivity contribution in [1.82, 2.24) is 0 Å². The largest absolute Gasteiger partial charge is 0.387 e. The van der Waals surface area contributed by atoms with Gasteiger partial charge < -0.3 is 19.7 Å². The smallest absolute Gasteiger partial charge is 0.216 e. The SMILES string of the molecule is COC[C@@]1(O)O[C@@H](C)CC1O. The normalized spacial score (nSPS) is 44.7. The Hall–Kier alpha value is -0.160. The summed E-state index contributed by atoms with van der Waals surface area (Å²) < 4.78 is 9.79. The summed E-state index contributed by atoms with van der Waals surface area (Å²) in [6, 6.07) is 0. The van der Waals surface area contributed by atoms with Crippen LogP contribution in [0.15, 0.2) is 0 Å². The zero-order chi connectivity index (χ0) is 8.48. The summed E-state index contributed by atoms with van der Waals surface area (Å²) in [7, 11) is 1.46. The van der Waals surface area contributed by atoms with Crippen LogP contribution in [0.2, 0.25) is 0 Å². The minimum atomic E-state index is -1.49. The average Bonchev–Trinajstić information content (AvgIpc) is 2.08. The molecule has 1 fully saturated rings. The minimum Gasteiger partial charge on any atom is -0.387 e. The number of aliphatic hydroxyl groups excluding tert-OH is 1. The van der Waals surface area contributed by atoms with E-state index in [9.17, 15) is 10.2 Å². The molecule has 0 aliphatic carbocycles. The highest BCUT2D eigenvalue weighted by Gasteiger charge is 2.45. The first kappa shape index (κ1) is 8.93. The van der Waals surface area contributed by atoms with Gasteiger partial charge in [-0.05, 0) is 6.92 Å². The number of methoxy groups -OCH3 is 1. The van der Waals surface area contributed by atoms with Crippen LogP contribution in [-0.2, 0) is 9.47 Å². The molecule has 0 bridgehead atoms. The molecule has 3 atom stereocenters. The fraction of sp³-hybridized carbons (Fsp3) is 1.00. The van der Waals surface area contributed by atoms with Crippen molar-refractivity contribution in [3.05, 3.63) is 0 Å². The zero-order valence-electron chi connectivity index (χ0n) is 6.78. The molecule has 11 heavy (non-hydrogen) atoms. The maximum absolute atomic E-state index is 9.53. The van der Waals surface area contributed by atoms with E-state index in [0.717, 1.165) is 0 Å². The third kappa shape index (κ3) is 1.70. The fourth-order valence-corrected chi connectivity index (χ4v) is 1.31. The first-order chi connectivity index (χ1) is 5.08. The van der Waals surface area contributed by atoms with Crippen LogP contribution in [-0.4, -0.2) is 41.9 Å². The van der Waals surface area contributed by atoms with Crippen molar-refractivity contribution in [3.8, 4) is 0 Å². The Morgan fingerprint density at radius 2 is 2.36 bits per heavy atom. The molecule has 0 amide bonds. The summed E-state index contributed by atoms with van der Waals surface area (Å²) in [6.45, 7) is 1.81. The van der Waals surface area contributed by atoms with Gasteiger partial charge in [0.1, 0.15) is 12.7 Å². The second-order valence-corrected chi connectivity index (χ2v) is 2.96. The van der Waals surface area contributed by atoms with Crippen molar-refractivity contribution in [2.75, 3.05) is 13.7 Å². The molecule has 0 saturated carbocycles. The zero-order valence-corrected chi connectivity index (χ0v) is 6.78. The minimum absolute atomic E-state index is 0.0124. The lowest BCUT2D eigenvalue weighted by Gasteiger charge is -2.24. The molecule has 0 aromatic heterocycles. The molecule has 0 radical (unpaired) electrons. The summed E-state index contributed by atoms with van der Waals surface area (Å²) in [6.07, 6.45) is -0.484. The molecule has 66 valence electrons. The number of hydrogen-bond acceptors (Lipinski definition) is 4. The lowest BCUT2D eigenvalue weighted by atomic mass is 10.1. The van der Waals surface area contributed by atoms with E-state index in [-0.39, 0.29) is 12.7 Å². The first-order valence-electron chi connectivity index (χ1n) is 3.65. The Balaban J connectivity index is 2.55. The van der Waals surface area contributed by atoms with Crippen molar-refractivity contribution in [2.45, 2.75) is 31.3 Å². The van der Waals surface area contributed by atoms with Gasteiger partial charge in [-0.1, -0.05) is 0 Å². The second-order valence-electron chi connectivity index (χ2n) is 2.96. The van der Waals surface area contributed by atoms with Gasteiger partial charge in [0, 0.05) is 13.5 Å². The third-order valence-electron chi connectivity index (χ3n) is 1.83. The number of rotatable bonds is 2. The van der Waals surface area contributed by atoms with Crippen molar-refractivity contribution in [1.29, 1.82) is 0 Å². The Morgan fingerprint density at radius 3 is 2.73 bits per heavy atom. The number of hydrogen-bond donors (Lipinski definition) is 2. The third-order valence-corrected chi connectivity index (χ3v) is 1.83. The van der Waals surface area contributed by atoms with Crippen molar-refractivity contribution < 1.29 is 19.7 Å². The summed E-state index contributed by atoms with van der Waals surface area (Å²) >= 11 is 0. The van der Waals surface area contributed by atoms with Gasteiger partial charge in [-0.15, -0.1) is 0 Å². The molecule has 1 heterocycles. The van der Waals surface area contributed by atoms with E-state index in [1.807, 2.05) is 0 Å². The molecular weight excluding hydrogens is 148 g/mol. The van der Waals surface area contributed by atoms with E-state index in [1.54, 1.807) is 6.92 Å². The molecule has 0 spiro atoms. The van der Waals surface area contributed by atoms with Gasteiger partial charge in [0.05, 0.1) is 6.10 Å². The molecule has 1 aliphatic rings. The Kier molecular flexibility index (Phi) is 2.49. The number of ether oxygens (including phenoxy) is 2. The molecular formula is C7H14O4. The van der Waals surface area contributed by atoms with Gasteiger partial charge in [-0.25, -0.2) is 0 Å². The lowest BCUT2D eigenvalue weighted by molar-refractivity contribution is -0.247. The van der Waals surface area contributed by atoms with Gasteiger partial charge in [0.25, 0.3) is 0 Å². The van der Waals surface area contributed by atoms with Gasteiger partial charge in [-0.2, -0.15) is 0 Å². The molecule has 0 aromatic rings. The molecule has 1 saturated heterocycles. The highest BCUT2D eigenvalue weighted by molar-refractivity contribution is 4.86. The maximum Gasteiger partial charge on any atom is 0.216 e. The molecule has 4 nitrogen and oxygen atoms in total. The summed E-state index contributed by atoms with van der Waals surface area (Å²) in [5.74, 6) is -1.49. The van der Waals surface area contributed by atoms with E-state index in [0.29, 0.717) is 6.42 Å². The van der Waals surface area contributed by atoms with Crippen molar-refractivity contribution in [2.24, 2.45) is 0 Å². The first-order valence-corrected chi connectivity index (χ1v) is 3.65. The van der Waals surface area contributed by atoms with Crippen LogP contribution in [0, 0.1) is 0 Å². The molecule has 4 heteroatoms. The Bertz CT molecular complexity index is 138. The second kappa shape index (κ2) is 3.06. The highest BCUT2D eigenvalue weighted by atomic mass is 16.7. The predicted octanol–water partition coefficient (Wildman–Crippen LogP) is -0.509. The molecule has 2 N–H and O–H groups in total. The lowest BCUT2D eigenvalue weighted by Crippen LogP contribution is -2.43. The molecule has 1 aliphatic heterocycles. The maximum atomic E-state index is 9.53. The average molecular weight is 162 g/mol. The summed E-state index contributed by atoms with van der Waals surface area (Å²) in [5.41, 5.74) is 0. The van der Waals surface area contributed by atoms with E-state index < -0.39 is 11.9 Å². The van der Waals surface area contributed by atoms with Gasteiger partial charge in [-0.3, -0.25) is 0 Å². The van der Waals surface area contributed by atoms with E-state index >= 15 is 0 Å². The molecule has 1 unspecified atom stereocenters. The van der Waals surface area contributed by atoms with Gasteiger partial charge in [0.2, 0.25) is 5.79 Å². The van der Waals surface area contributed by atoms with Crippen LogP contribution in [0.1, 0.15) is 13.3 Å². The van der Waals surface area contributed by atoms with Crippen molar-refractivity contribution in [3.63, 3.8) is 0 Å². The van der Waals surface area contributed by atoms with Crippen LogP contribution in [0.4, 0.5) is 0 Å². The van der Waals surface area contributed by atoms with E-state index in [1.165, 1.54) is 7.11 Å². The Labute approximate surface area is 65.7 Å². The molecule has 0 aromatic carbocycles. The standard InChI is InChI=1S/C7H14O4/c1-5-3-6(8)7(9,11-5)4-10-2/h5-6,8-9H,3-4H2,1-2H3/t5-,6?,7+/m0/s1. The Morgan fingerprint density at radius 1 is 1.73 bits per heavy atom. The predicted molar refractivity (Wildman–Crippen MR) is 38.0 cm³/mol. The summed E-state index contributed by atoms with van der Waals surface area (Å²) in [5, 5.41) is 18.8. The van der Waals surface area contributed by atoms with Crippen LogP contribution in [0.5, 0.6) is 0 Å². The topological polar surface area (TPSA) is 58.9 Å². The van der Waals surface area contributed by atoms with Gasteiger partial charge >= 0.3 is 0 Å². The van der Waals surface area contributed by atoms with Crippen LogP contribution in [0.25, 0.3) is 0 Å². The summed E-state index contributed by atoms with van der Waals surface area (Å²) in [4.78, 5) is 0. The molecule has 1 rings (SSSR count). The van der Waals surface area contributed by atoms with E-state index in [2.05, 4.69) is 0 Å². The van der Waals surface area contributed by atoms with Crippen molar-refractivity contribution >= 4 is 0 Å². The van der Waals surface area contributed by atoms with Crippen LogP contribution >= 0.6 is 0 Å². The highest BCUT2D eigenvalue weighted by Crippen LogP contribution is 2.28. The van der Waals surface area contributed by atoms with Crippen LogP contribution < -0.4 is 0 Å². The van der Waals surface area contributed by atoms with Crippen LogP contribution in [0.3, 0.4) is 0 Å². The quantitative estimate of drug-likeness (QED) is 0.574. The van der Waals surface area contributed by atoms with E-state index in [4.69, 9.17) is 9.47 Å².